The number of aromatic nitrogens is 8. The smallest absolute Gasteiger partial charge is 0.224 e. The Labute approximate surface area is 231 Å². The van der Waals surface area contributed by atoms with E-state index in [1.165, 1.54) is 12.1 Å². The average molecular weight is 557 g/mol. The first-order valence-corrected chi connectivity index (χ1v) is 12.4. The van der Waals surface area contributed by atoms with E-state index in [1.54, 1.807) is 70.8 Å². The van der Waals surface area contributed by atoms with Gasteiger partial charge in [-0.3, -0.25) is 9.97 Å². The molecule has 6 aromatic rings. The summed E-state index contributed by atoms with van der Waals surface area (Å²) in [6, 6.07) is 11.5. The second kappa shape index (κ2) is 10.0. The number of pyridine rings is 4. The van der Waals surface area contributed by atoms with Gasteiger partial charge in [-0.25, -0.2) is 9.97 Å². The molecule has 0 aliphatic rings. The summed E-state index contributed by atoms with van der Waals surface area (Å²) in [5, 5.41) is 0. The van der Waals surface area contributed by atoms with Crippen LogP contribution in [0.2, 0.25) is 0 Å². The summed E-state index contributed by atoms with van der Waals surface area (Å²) in [6.45, 7) is 3.72. The molecule has 41 heavy (non-hydrogen) atoms. The number of imidazole rings is 2. The fourth-order valence-electron chi connectivity index (χ4n) is 4.41. The molecule has 204 valence electrons. The number of nitrogens with zero attached hydrogens (tertiary/aromatic N) is 8. The summed E-state index contributed by atoms with van der Waals surface area (Å²) in [6.07, 6.45) is 9.78. The number of rotatable bonds is 6. The molecule has 0 saturated carbocycles. The predicted molar refractivity (Wildman–Crippen MR) is 141 cm³/mol. The lowest BCUT2D eigenvalue weighted by Crippen LogP contribution is -2.24. The lowest BCUT2D eigenvalue weighted by molar-refractivity contribution is 0.514. The molecule has 0 spiro atoms. The second-order valence-corrected chi connectivity index (χ2v) is 9.70. The zero-order chi connectivity index (χ0) is 28.7. The molecule has 6 rings (SSSR count). The van der Waals surface area contributed by atoms with Crippen molar-refractivity contribution in [3.63, 3.8) is 0 Å². The molecule has 6 aromatic heterocycles. The van der Waals surface area contributed by atoms with Crippen LogP contribution in [-0.4, -0.2) is 39.0 Å². The molecule has 0 amide bonds. The fourth-order valence-corrected chi connectivity index (χ4v) is 4.41. The van der Waals surface area contributed by atoms with Crippen LogP contribution in [0.3, 0.4) is 0 Å². The normalized spacial score (nSPS) is 11.7. The van der Waals surface area contributed by atoms with Crippen LogP contribution in [0.15, 0.2) is 86.0 Å². The Bertz CT molecular complexity index is 1730. The van der Waals surface area contributed by atoms with E-state index in [2.05, 4.69) is 19.9 Å². The van der Waals surface area contributed by atoms with Crippen LogP contribution in [0.1, 0.15) is 25.2 Å². The number of hydrogen-bond acceptors (Lipinski definition) is 6. The van der Waals surface area contributed by atoms with Gasteiger partial charge in [0.05, 0.1) is 57.9 Å². The Morgan fingerprint density at radius 3 is 1.39 bits per heavy atom. The molecular weight excluding hydrogens is 536 g/mol. The van der Waals surface area contributed by atoms with Crippen LogP contribution < -0.4 is 0 Å². The van der Waals surface area contributed by atoms with Gasteiger partial charge >= 0.3 is 0 Å². The Hall–Kier alpha value is -5.26. The summed E-state index contributed by atoms with van der Waals surface area (Å²) >= 11 is 0. The van der Waals surface area contributed by atoms with Gasteiger partial charge in [0, 0.05) is 30.2 Å². The van der Waals surface area contributed by atoms with Gasteiger partial charge in [-0.2, -0.15) is 27.5 Å². The van der Waals surface area contributed by atoms with Crippen LogP contribution in [0.5, 0.6) is 0 Å². The fraction of sp³-hybridized carbons (Fsp3) is 0.103. The first-order valence-electron chi connectivity index (χ1n) is 12.4. The van der Waals surface area contributed by atoms with E-state index in [-0.39, 0.29) is 22.5 Å². The predicted octanol–water partition coefficient (Wildman–Crippen LogP) is 5.85. The lowest BCUT2D eigenvalue weighted by Gasteiger charge is -2.26. The van der Waals surface area contributed by atoms with Gasteiger partial charge in [0.2, 0.25) is 23.8 Å². The van der Waals surface area contributed by atoms with Gasteiger partial charge in [-0.05, 0) is 62.4 Å². The lowest BCUT2D eigenvalue weighted by atomic mass is 9.83. The van der Waals surface area contributed by atoms with Crippen molar-refractivity contribution in [1.82, 2.24) is 39.0 Å². The Morgan fingerprint density at radius 1 is 0.585 bits per heavy atom. The van der Waals surface area contributed by atoms with E-state index in [4.69, 9.17) is 9.97 Å². The van der Waals surface area contributed by atoms with Crippen molar-refractivity contribution in [1.29, 1.82) is 0 Å². The van der Waals surface area contributed by atoms with Crippen LogP contribution >= 0.6 is 0 Å². The third-order valence-electron chi connectivity index (χ3n) is 6.69. The molecule has 0 aliphatic heterocycles. The van der Waals surface area contributed by atoms with E-state index in [1.807, 2.05) is 13.8 Å². The monoisotopic (exact) mass is 556 g/mol. The summed E-state index contributed by atoms with van der Waals surface area (Å²) in [5.41, 5.74) is 1.65. The maximum absolute atomic E-state index is 14.8. The average Bonchev–Trinajstić information content (AvgIpc) is 3.68. The highest BCUT2D eigenvalue weighted by Crippen LogP contribution is 2.35. The van der Waals surface area contributed by atoms with E-state index < -0.39 is 29.2 Å². The molecule has 0 saturated heterocycles. The van der Waals surface area contributed by atoms with Crippen LogP contribution in [0, 0.1) is 23.8 Å². The first kappa shape index (κ1) is 26.0. The van der Waals surface area contributed by atoms with Crippen molar-refractivity contribution in [2.45, 2.75) is 19.3 Å². The van der Waals surface area contributed by atoms with E-state index in [0.717, 1.165) is 12.1 Å². The Balaban J connectivity index is 1.56. The molecule has 0 fully saturated rings. The SMILES string of the molecule is CC(C)(c1cc(-n2ccnc2)cc(-c2ccc(F)nc2F)n1)c1cc(-n2ccnc2)cc(-c2ccc(F)nc2F)n1. The van der Waals surface area contributed by atoms with Crippen molar-refractivity contribution in [2.24, 2.45) is 0 Å². The van der Waals surface area contributed by atoms with Crippen molar-refractivity contribution >= 4 is 0 Å². The molecule has 0 aliphatic carbocycles. The summed E-state index contributed by atoms with van der Waals surface area (Å²) in [5.74, 6) is -3.92. The maximum atomic E-state index is 14.8. The standard InChI is InChI=1S/C29H20F4N8/c1-29(2,23-13-17(40-9-7-34-15-40)11-21(36-23)19-3-5-25(30)38-27(19)32)24-14-18(41-10-8-35-16-41)12-22(37-24)20-4-6-26(31)39-28(20)33/h3-16H,1-2H3. The van der Waals surface area contributed by atoms with E-state index >= 15 is 0 Å². The van der Waals surface area contributed by atoms with E-state index in [9.17, 15) is 17.6 Å². The highest BCUT2D eigenvalue weighted by Gasteiger charge is 2.30. The van der Waals surface area contributed by atoms with Crippen LogP contribution in [0.4, 0.5) is 17.6 Å². The zero-order valence-corrected chi connectivity index (χ0v) is 21.7. The molecule has 0 unspecified atom stereocenters. The second-order valence-electron chi connectivity index (χ2n) is 9.70. The third-order valence-corrected chi connectivity index (χ3v) is 6.69. The minimum absolute atomic E-state index is 0.00527. The van der Waals surface area contributed by atoms with Crippen molar-refractivity contribution in [2.75, 3.05) is 0 Å². The van der Waals surface area contributed by atoms with Crippen LogP contribution in [0.25, 0.3) is 33.9 Å². The van der Waals surface area contributed by atoms with E-state index in [0.29, 0.717) is 22.8 Å². The van der Waals surface area contributed by atoms with Crippen molar-refractivity contribution < 1.29 is 17.6 Å². The quantitative estimate of drug-likeness (QED) is 0.189. The van der Waals surface area contributed by atoms with Gasteiger partial charge in [0.15, 0.2) is 0 Å². The number of hydrogen-bond donors (Lipinski definition) is 0. The molecule has 0 aromatic carbocycles. The minimum atomic E-state index is -1.01. The summed E-state index contributed by atoms with van der Waals surface area (Å²) < 4.78 is 60.2. The van der Waals surface area contributed by atoms with Gasteiger partial charge in [-0.1, -0.05) is 0 Å². The first-order chi connectivity index (χ1) is 19.7. The summed E-state index contributed by atoms with van der Waals surface area (Å²) in [7, 11) is 0. The summed E-state index contributed by atoms with van der Waals surface area (Å²) in [4.78, 5) is 24.3. The molecular formula is C29H20F4N8. The van der Waals surface area contributed by atoms with Crippen molar-refractivity contribution in [3.05, 3.63) is 121 Å². The molecule has 0 atom stereocenters. The highest BCUT2D eigenvalue weighted by atomic mass is 19.1. The molecule has 8 nitrogen and oxygen atoms in total. The van der Waals surface area contributed by atoms with Gasteiger partial charge in [-0.15, -0.1) is 0 Å². The molecule has 12 heteroatoms. The van der Waals surface area contributed by atoms with Gasteiger partial charge in [0.1, 0.15) is 0 Å². The molecule has 0 radical (unpaired) electrons. The van der Waals surface area contributed by atoms with Gasteiger partial charge in [0.25, 0.3) is 0 Å². The largest absolute Gasteiger partial charge is 0.306 e. The zero-order valence-electron chi connectivity index (χ0n) is 21.7. The molecule has 6 heterocycles. The van der Waals surface area contributed by atoms with Crippen LogP contribution in [-0.2, 0) is 5.41 Å². The highest BCUT2D eigenvalue weighted by molar-refractivity contribution is 5.64. The maximum Gasteiger partial charge on any atom is 0.224 e. The Morgan fingerprint density at radius 2 is 1.02 bits per heavy atom. The minimum Gasteiger partial charge on any atom is -0.306 e. The topological polar surface area (TPSA) is 87.2 Å². The third kappa shape index (κ3) is 4.95. The Kier molecular flexibility index (Phi) is 6.37. The molecule has 0 bridgehead atoms. The van der Waals surface area contributed by atoms with Crippen molar-refractivity contribution in [3.8, 4) is 33.9 Å². The number of halogens is 4. The van der Waals surface area contributed by atoms with Gasteiger partial charge < -0.3 is 9.13 Å². The molecule has 0 N–H and O–H groups in total.